The first kappa shape index (κ1) is 14.3. The van der Waals surface area contributed by atoms with E-state index in [0.29, 0.717) is 6.42 Å². The Balaban J connectivity index is 2.29. The Morgan fingerprint density at radius 1 is 1.47 bits per heavy atom. The van der Waals surface area contributed by atoms with Gasteiger partial charge in [-0.05, 0) is 43.4 Å². The fourth-order valence-corrected chi connectivity index (χ4v) is 2.80. The van der Waals surface area contributed by atoms with Crippen LogP contribution in [0.5, 0.6) is 0 Å². The highest BCUT2D eigenvalue weighted by atomic mass is 16.6. The SMILES string of the molecule is C/C1=C/CC/C(CO)=C\[C@H]2OC(=O)[C@@H](C)[C@@H]2C[C@@H]1O. The molecule has 4 atom stereocenters. The van der Waals surface area contributed by atoms with Crippen molar-refractivity contribution in [3.05, 3.63) is 23.3 Å². The van der Waals surface area contributed by atoms with E-state index in [1.807, 2.05) is 26.0 Å². The highest BCUT2D eigenvalue weighted by molar-refractivity contribution is 5.75. The number of aliphatic hydroxyl groups is 2. The number of aliphatic hydroxyl groups excluding tert-OH is 2. The van der Waals surface area contributed by atoms with Gasteiger partial charge >= 0.3 is 5.97 Å². The molecule has 2 rings (SSSR count). The maximum atomic E-state index is 11.7. The van der Waals surface area contributed by atoms with Crippen molar-refractivity contribution in [1.82, 2.24) is 0 Å². The van der Waals surface area contributed by atoms with Crippen LogP contribution < -0.4 is 0 Å². The van der Waals surface area contributed by atoms with Crippen LogP contribution in [-0.2, 0) is 9.53 Å². The molecule has 1 saturated heterocycles. The average molecular weight is 266 g/mol. The summed E-state index contributed by atoms with van der Waals surface area (Å²) in [5.41, 5.74) is 1.84. The third kappa shape index (κ3) is 3.07. The first-order valence-corrected chi connectivity index (χ1v) is 6.88. The number of hydrogen-bond donors (Lipinski definition) is 2. The summed E-state index contributed by atoms with van der Waals surface area (Å²) in [5.74, 6) is -0.440. The molecule has 4 heteroatoms. The Kier molecular flexibility index (Phi) is 4.42. The molecule has 19 heavy (non-hydrogen) atoms. The summed E-state index contributed by atoms with van der Waals surface area (Å²) >= 11 is 0. The van der Waals surface area contributed by atoms with Crippen LogP contribution in [0.3, 0.4) is 0 Å². The van der Waals surface area contributed by atoms with Gasteiger partial charge in [-0.25, -0.2) is 0 Å². The van der Waals surface area contributed by atoms with Crippen molar-refractivity contribution in [2.75, 3.05) is 6.61 Å². The third-order valence-corrected chi connectivity index (χ3v) is 4.24. The normalized spacial score (nSPS) is 41.6. The van der Waals surface area contributed by atoms with Gasteiger partial charge in [0.15, 0.2) is 0 Å². The molecule has 2 N–H and O–H groups in total. The zero-order chi connectivity index (χ0) is 14.0. The van der Waals surface area contributed by atoms with Gasteiger partial charge in [-0.15, -0.1) is 0 Å². The second kappa shape index (κ2) is 5.88. The minimum Gasteiger partial charge on any atom is -0.458 e. The molecule has 0 amide bonds. The van der Waals surface area contributed by atoms with Crippen molar-refractivity contribution in [3.8, 4) is 0 Å². The van der Waals surface area contributed by atoms with Crippen molar-refractivity contribution >= 4 is 5.97 Å². The van der Waals surface area contributed by atoms with E-state index >= 15 is 0 Å². The number of rotatable bonds is 1. The van der Waals surface area contributed by atoms with Crippen LogP contribution in [0.2, 0.25) is 0 Å². The molecule has 0 radical (unpaired) electrons. The Labute approximate surface area is 113 Å². The van der Waals surface area contributed by atoms with Gasteiger partial charge in [-0.3, -0.25) is 4.79 Å². The fourth-order valence-electron chi connectivity index (χ4n) is 2.80. The molecule has 1 fully saturated rings. The molecule has 0 unspecified atom stereocenters. The summed E-state index contributed by atoms with van der Waals surface area (Å²) in [6, 6.07) is 0. The van der Waals surface area contributed by atoms with Gasteiger partial charge in [0, 0.05) is 5.92 Å². The summed E-state index contributed by atoms with van der Waals surface area (Å²) < 4.78 is 5.37. The summed E-state index contributed by atoms with van der Waals surface area (Å²) in [7, 11) is 0. The molecular weight excluding hydrogens is 244 g/mol. The second-order valence-corrected chi connectivity index (χ2v) is 5.58. The van der Waals surface area contributed by atoms with Crippen molar-refractivity contribution in [1.29, 1.82) is 0 Å². The highest BCUT2D eigenvalue weighted by Gasteiger charge is 2.41. The lowest BCUT2D eigenvalue weighted by atomic mass is 9.83. The quantitative estimate of drug-likeness (QED) is 0.558. The van der Waals surface area contributed by atoms with Crippen molar-refractivity contribution in [3.63, 3.8) is 0 Å². The molecule has 0 aromatic rings. The molecule has 0 aromatic carbocycles. The lowest BCUT2D eigenvalue weighted by molar-refractivity contribution is -0.142. The number of carbonyl (C=O) groups excluding carboxylic acids is 1. The first-order valence-electron chi connectivity index (χ1n) is 6.88. The smallest absolute Gasteiger partial charge is 0.309 e. The van der Waals surface area contributed by atoms with E-state index in [-0.39, 0.29) is 30.5 Å². The summed E-state index contributed by atoms with van der Waals surface area (Å²) in [5, 5.41) is 19.5. The maximum absolute atomic E-state index is 11.7. The number of esters is 1. The zero-order valence-electron chi connectivity index (χ0n) is 11.5. The molecule has 0 bridgehead atoms. The van der Waals surface area contributed by atoms with Crippen LogP contribution in [-0.4, -0.2) is 35.0 Å². The second-order valence-electron chi connectivity index (χ2n) is 5.58. The Hall–Kier alpha value is -1.13. The maximum Gasteiger partial charge on any atom is 0.309 e. The molecule has 1 aliphatic carbocycles. The predicted molar refractivity (Wildman–Crippen MR) is 71.3 cm³/mol. The van der Waals surface area contributed by atoms with E-state index in [4.69, 9.17) is 4.74 Å². The van der Waals surface area contributed by atoms with Crippen LogP contribution in [0.4, 0.5) is 0 Å². The van der Waals surface area contributed by atoms with E-state index in [1.54, 1.807) is 0 Å². The summed E-state index contributed by atoms with van der Waals surface area (Å²) in [6.45, 7) is 3.74. The minimum absolute atomic E-state index is 0.00933. The monoisotopic (exact) mass is 266 g/mol. The minimum atomic E-state index is -0.520. The standard InChI is InChI=1S/C15H22O4/c1-9-4-3-5-11(8-16)6-14-12(7-13(9)17)10(2)15(18)19-14/h4,6,10,12-14,16-17H,3,5,7-8H2,1-2H3/b9-4-,11-6+/t10-,12-,13-,14+/m0/s1. The van der Waals surface area contributed by atoms with Crippen LogP contribution >= 0.6 is 0 Å². The van der Waals surface area contributed by atoms with Gasteiger partial charge in [0.05, 0.1) is 18.6 Å². The van der Waals surface area contributed by atoms with E-state index in [2.05, 4.69) is 0 Å². The van der Waals surface area contributed by atoms with Gasteiger partial charge in [-0.2, -0.15) is 0 Å². The number of fused-ring (bicyclic) bond motifs is 1. The Morgan fingerprint density at radius 3 is 2.89 bits per heavy atom. The van der Waals surface area contributed by atoms with Crippen molar-refractivity contribution in [2.45, 2.75) is 45.3 Å². The van der Waals surface area contributed by atoms with Crippen LogP contribution in [0.1, 0.15) is 33.1 Å². The molecule has 2 aliphatic rings. The number of hydrogen-bond acceptors (Lipinski definition) is 4. The predicted octanol–water partition coefficient (Wildman–Crippen LogP) is 1.57. The van der Waals surface area contributed by atoms with Gasteiger partial charge in [0.25, 0.3) is 0 Å². The largest absolute Gasteiger partial charge is 0.458 e. The van der Waals surface area contributed by atoms with Crippen molar-refractivity contribution in [2.24, 2.45) is 11.8 Å². The zero-order valence-corrected chi connectivity index (χ0v) is 11.5. The third-order valence-electron chi connectivity index (χ3n) is 4.24. The van der Waals surface area contributed by atoms with Gasteiger partial charge in [0.1, 0.15) is 6.10 Å². The summed E-state index contributed by atoms with van der Waals surface area (Å²) in [4.78, 5) is 11.7. The number of ether oxygens (including phenoxy) is 1. The first-order chi connectivity index (χ1) is 9.02. The molecule has 0 saturated carbocycles. The number of carbonyl (C=O) groups is 1. The topological polar surface area (TPSA) is 66.8 Å². The molecule has 1 aliphatic heterocycles. The van der Waals surface area contributed by atoms with Gasteiger partial charge in [-0.1, -0.05) is 13.0 Å². The number of allylic oxidation sites excluding steroid dienone is 1. The van der Waals surface area contributed by atoms with Crippen LogP contribution in [0.25, 0.3) is 0 Å². The fraction of sp³-hybridized carbons (Fsp3) is 0.667. The van der Waals surface area contributed by atoms with E-state index in [0.717, 1.165) is 24.0 Å². The van der Waals surface area contributed by atoms with E-state index < -0.39 is 6.10 Å². The van der Waals surface area contributed by atoms with E-state index in [1.165, 1.54) is 0 Å². The molecule has 106 valence electrons. The molecule has 0 spiro atoms. The van der Waals surface area contributed by atoms with E-state index in [9.17, 15) is 15.0 Å². The average Bonchev–Trinajstić information content (AvgIpc) is 2.64. The van der Waals surface area contributed by atoms with Gasteiger partial charge in [0.2, 0.25) is 0 Å². The summed E-state index contributed by atoms with van der Waals surface area (Å²) in [6.07, 6.45) is 5.09. The van der Waals surface area contributed by atoms with Gasteiger partial charge < -0.3 is 14.9 Å². The molecule has 4 nitrogen and oxygen atoms in total. The lowest BCUT2D eigenvalue weighted by Gasteiger charge is -2.23. The van der Waals surface area contributed by atoms with Crippen molar-refractivity contribution < 1.29 is 19.7 Å². The van der Waals surface area contributed by atoms with Crippen LogP contribution in [0, 0.1) is 11.8 Å². The highest BCUT2D eigenvalue weighted by Crippen LogP contribution is 2.35. The molecule has 1 heterocycles. The molecule has 0 aromatic heterocycles. The van der Waals surface area contributed by atoms with Crippen LogP contribution in [0.15, 0.2) is 23.3 Å². The molecular formula is C15H22O4. The lowest BCUT2D eigenvalue weighted by Crippen LogP contribution is -2.25. The Morgan fingerprint density at radius 2 is 2.21 bits per heavy atom. The Bertz CT molecular complexity index is 410.